The summed E-state index contributed by atoms with van der Waals surface area (Å²) in [7, 11) is 0. The molecule has 1 N–H and O–H groups in total. The lowest BCUT2D eigenvalue weighted by Gasteiger charge is -2.37. The van der Waals surface area contributed by atoms with E-state index >= 15 is 0 Å². The molecule has 5 nitrogen and oxygen atoms in total. The predicted octanol–water partition coefficient (Wildman–Crippen LogP) is 3.32. The van der Waals surface area contributed by atoms with Gasteiger partial charge >= 0.3 is 0 Å². The maximum Gasteiger partial charge on any atom is 0.230 e. The van der Waals surface area contributed by atoms with Crippen LogP contribution in [0.1, 0.15) is 36.2 Å². The molecular formula is C17H20N4OS. The van der Waals surface area contributed by atoms with Crippen molar-refractivity contribution >= 4 is 16.3 Å². The van der Waals surface area contributed by atoms with Gasteiger partial charge in [0.25, 0.3) is 0 Å². The van der Waals surface area contributed by atoms with E-state index in [4.69, 9.17) is 0 Å². The average molecular weight is 328 g/mol. The summed E-state index contributed by atoms with van der Waals surface area (Å²) in [6.45, 7) is 4.40. The fourth-order valence-electron chi connectivity index (χ4n) is 3.50. The van der Waals surface area contributed by atoms with Crippen molar-refractivity contribution in [3.05, 3.63) is 47.1 Å². The Labute approximate surface area is 139 Å². The molecule has 2 atom stereocenters. The quantitative estimate of drug-likeness (QED) is 0.801. The number of rotatable bonds is 3. The van der Waals surface area contributed by atoms with Gasteiger partial charge in [-0.15, -0.1) is 0 Å². The van der Waals surface area contributed by atoms with Crippen LogP contribution in [0.25, 0.3) is 4.96 Å². The normalized spacial score (nSPS) is 20.8. The molecule has 0 aliphatic carbocycles. The number of nitrogens with zero attached hydrogens (tertiary/aromatic N) is 4. The monoisotopic (exact) mass is 328 g/mol. The molecule has 120 valence electrons. The first kappa shape index (κ1) is 14.7. The van der Waals surface area contributed by atoms with Gasteiger partial charge in [-0.3, -0.25) is 4.90 Å². The Kier molecular flexibility index (Phi) is 3.79. The lowest BCUT2D eigenvalue weighted by molar-refractivity contribution is 0.149. The second-order valence-corrected chi connectivity index (χ2v) is 7.31. The van der Waals surface area contributed by atoms with Gasteiger partial charge in [-0.05, 0) is 30.9 Å². The smallest absolute Gasteiger partial charge is 0.230 e. The predicted molar refractivity (Wildman–Crippen MR) is 90.8 cm³/mol. The lowest BCUT2D eigenvalue weighted by atomic mass is 9.95. The van der Waals surface area contributed by atoms with E-state index in [1.807, 2.05) is 6.07 Å². The summed E-state index contributed by atoms with van der Waals surface area (Å²) in [6.07, 6.45) is 3.96. The molecule has 0 radical (unpaired) electrons. The van der Waals surface area contributed by atoms with Crippen LogP contribution in [0.15, 0.2) is 36.7 Å². The number of hydrogen-bond acceptors (Lipinski definition) is 5. The first-order valence-electron chi connectivity index (χ1n) is 8.04. The molecule has 0 unspecified atom stereocenters. The van der Waals surface area contributed by atoms with Crippen LogP contribution in [0.5, 0.6) is 5.88 Å². The van der Waals surface area contributed by atoms with Crippen LogP contribution in [-0.4, -0.2) is 37.7 Å². The molecular weight excluding hydrogens is 308 g/mol. The molecule has 6 heteroatoms. The zero-order chi connectivity index (χ0) is 15.8. The van der Waals surface area contributed by atoms with Gasteiger partial charge in [0, 0.05) is 6.54 Å². The molecule has 0 spiro atoms. The highest BCUT2D eigenvalue weighted by Gasteiger charge is 2.31. The van der Waals surface area contributed by atoms with Gasteiger partial charge in [0.2, 0.25) is 10.8 Å². The maximum absolute atomic E-state index is 10.7. The summed E-state index contributed by atoms with van der Waals surface area (Å²) in [5.74, 6) is 0.897. The number of aromatic nitrogens is 3. The molecule has 4 rings (SSSR count). The second kappa shape index (κ2) is 5.94. The SMILES string of the molecule is C[C@H]1CCCN([C@@H](c2ccccc2)c2sc3ncnn3c2O)C1. The van der Waals surface area contributed by atoms with E-state index in [1.165, 1.54) is 40.6 Å². The fraction of sp³-hybridized carbons (Fsp3) is 0.412. The van der Waals surface area contributed by atoms with E-state index < -0.39 is 0 Å². The van der Waals surface area contributed by atoms with Gasteiger partial charge in [0.05, 0.1) is 10.9 Å². The van der Waals surface area contributed by atoms with E-state index in [9.17, 15) is 5.11 Å². The van der Waals surface area contributed by atoms with Crippen molar-refractivity contribution in [1.82, 2.24) is 19.5 Å². The third-order valence-corrected chi connectivity index (χ3v) is 5.64. The Morgan fingerprint density at radius 1 is 1.30 bits per heavy atom. The summed E-state index contributed by atoms with van der Waals surface area (Å²) in [5, 5.41) is 14.8. The number of benzene rings is 1. The van der Waals surface area contributed by atoms with Crippen molar-refractivity contribution in [1.29, 1.82) is 0 Å². The van der Waals surface area contributed by atoms with Crippen molar-refractivity contribution in [3.63, 3.8) is 0 Å². The summed E-state index contributed by atoms with van der Waals surface area (Å²) in [5.41, 5.74) is 1.21. The molecule has 1 aliphatic rings. The van der Waals surface area contributed by atoms with E-state index in [-0.39, 0.29) is 11.9 Å². The molecule has 0 bridgehead atoms. The highest BCUT2D eigenvalue weighted by atomic mass is 32.1. The van der Waals surface area contributed by atoms with Crippen LogP contribution in [-0.2, 0) is 0 Å². The first-order valence-corrected chi connectivity index (χ1v) is 8.86. The Balaban J connectivity index is 1.81. The third kappa shape index (κ3) is 2.62. The molecule has 2 aromatic heterocycles. The molecule has 1 saturated heterocycles. The largest absolute Gasteiger partial charge is 0.492 e. The molecule has 1 aromatic carbocycles. The number of hydrogen-bond donors (Lipinski definition) is 1. The first-order chi connectivity index (χ1) is 11.2. The highest BCUT2D eigenvalue weighted by molar-refractivity contribution is 7.17. The topological polar surface area (TPSA) is 53.7 Å². The molecule has 1 fully saturated rings. The summed E-state index contributed by atoms with van der Waals surface area (Å²) >= 11 is 1.53. The minimum Gasteiger partial charge on any atom is -0.492 e. The molecule has 3 heterocycles. The number of fused-ring (bicyclic) bond motifs is 1. The van der Waals surface area contributed by atoms with Crippen molar-refractivity contribution in [2.45, 2.75) is 25.8 Å². The number of likely N-dealkylation sites (tertiary alicyclic amines) is 1. The Bertz CT molecular complexity index is 797. The minimum absolute atomic E-state index is 0.0625. The van der Waals surface area contributed by atoms with Crippen LogP contribution >= 0.6 is 11.3 Å². The van der Waals surface area contributed by atoms with Crippen LogP contribution in [0.2, 0.25) is 0 Å². The molecule has 0 saturated carbocycles. The number of aromatic hydroxyl groups is 1. The zero-order valence-electron chi connectivity index (χ0n) is 13.1. The fourth-order valence-corrected chi connectivity index (χ4v) is 4.59. The van der Waals surface area contributed by atoms with Crippen LogP contribution in [0.4, 0.5) is 0 Å². The van der Waals surface area contributed by atoms with E-state index in [2.05, 4.69) is 46.2 Å². The highest BCUT2D eigenvalue weighted by Crippen LogP contribution is 2.40. The second-order valence-electron chi connectivity index (χ2n) is 6.30. The van der Waals surface area contributed by atoms with Crippen LogP contribution in [0.3, 0.4) is 0 Å². The van der Waals surface area contributed by atoms with E-state index in [0.717, 1.165) is 22.9 Å². The molecule has 23 heavy (non-hydrogen) atoms. The van der Waals surface area contributed by atoms with Crippen molar-refractivity contribution < 1.29 is 5.11 Å². The van der Waals surface area contributed by atoms with Crippen molar-refractivity contribution in [3.8, 4) is 5.88 Å². The van der Waals surface area contributed by atoms with Crippen LogP contribution in [0, 0.1) is 5.92 Å². The Morgan fingerprint density at radius 3 is 2.87 bits per heavy atom. The average Bonchev–Trinajstić information content (AvgIpc) is 3.13. The van der Waals surface area contributed by atoms with Crippen molar-refractivity contribution in [2.24, 2.45) is 5.92 Å². The number of piperidine rings is 1. The molecule has 1 aliphatic heterocycles. The van der Waals surface area contributed by atoms with E-state index in [1.54, 1.807) is 0 Å². The standard InChI is InChI=1S/C17H20N4OS/c1-12-6-5-9-20(10-12)14(13-7-3-2-4-8-13)15-16(22)21-17(23-15)18-11-19-21/h2-4,7-8,11-12,14,22H,5-6,9-10H2,1H3/t12-,14-/m0/s1. The van der Waals surface area contributed by atoms with Gasteiger partial charge in [-0.1, -0.05) is 48.6 Å². The third-order valence-electron chi connectivity index (χ3n) is 4.56. The van der Waals surface area contributed by atoms with Gasteiger partial charge in [0.15, 0.2) is 0 Å². The van der Waals surface area contributed by atoms with E-state index in [0.29, 0.717) is 5.92 Å². The van der Waals surface area contributed by atoms with Gasteiger partial charge in [-0.25, -0.2) is 4.98 Å². The Hall–Kier alpha value is -1.92. The van der Waals surface area contributed by atoms with Gasteiger partial charge < -0.3 is 5.11 Å². The summed E-state index contributed by atoms with van der Waals surface area (Å²) in [6, 6.07) is 10.5. The van der Waals surface area contributed by atoms with Gasteiger partial charge in [-0.2, -0.15) is 9.61 Å². The Morgan fingerprint density at radius 2 is 2.13 bits per heavy atom. The molecule has 3 aromatic rings. The zero-order valence-corrected chi connectivity index (χ0v) is 13.9. The minimum atomic E-state index is 0.0625. The lowest BCUT2D eigenvalue weighted by Crippen LogP contribution is -2.37. The molecule has 0 amide bonds. The van der Waals surface area contributed by atoms with Crippen molar-refractivity contribution in [2.75, 3.05) is 13.1 Å². The summed E-state index contributed by atoms with van der Waals surface area (Å²) < 4.78 is 1.53. The van der Waals surface area contributed by atoms with Crippen LogP contribution < -0.4 is 0 Å². The van der Waals surface area contributed by atoms with Gasteiger partial charge in [0.1, 0.15) is 6.33 Å². The summed E-state index contributed by atoms with van der Waals surface area (Å²) in [4.78, 5) is 8.38. The number of thiazole rings is 1. The maximum atomic E-state index is 10.7.